The molecule has 0 fully saturated rings. The molecule has 1 amide bonds. The Morgan fingerprint density at radius 1 is 1.08 bits per heavy atom. The van der Waals surface area contributed by atoms with E-state index in [0.717, 1.165) is 15.6 Å². The summed E-state index contributed by atoms with van der Waals surface area (Å²) in [5.41, 5.74) is 4.12. The minimum Gasteiger partial charge on any atom is -0.451 e. The molecule has 4 aromatic rings. The van der Waals surface area contributed by atoms with E-state index in [0.29, 0.717) is 16.5 Å². The predicted octanol–water partition coefficient (Wildman–Crippen LogP) is 2.84. The summed E-state index contributed by atoms with van der Waals surface area (Å²) in [6, 6.07) is 14.4. The molecule has 0 saturated carbocycles. The van der Waals surface area contributed by atoms with Crippen molar-refractivity contribution in [2.24, 2.45) is 0 Å². The number of nitrogens with zero attached hydrogens (tertiary/aromatic N) is 2. The molecule has 0 bridgehead atoms. The Kier molecular flexibility index (Phi) is 3.16. The number of amides is 1. The largest absolute Gasteiger partial charge is 0.451 e. The van der Waals surface area contributed by atoms with Crippen LogP contribution in [0.25, 0.3) is 21.9 Å². The molecule has 24 heavy (non-hydrogen) atoms. The van der Waals surface area contributed by atoms with Gasteiger partial charge < -0.3 is 4.42 Å². The maximum absolute atomic E-state index is 12.5. The lowest BCUT2D eigenvalue weighted by Gasteiger charge is -2.07. The van der Waals surface area contributed by atoms with Gasteiger partial charge >= 0.3 is 5.91 Å². The van der Waals surface area contributed by atoms with E-state index in [-0.39, 0.29) is 11.3 Å². The van der Waals surface area contributed by atoms with Gasteiger partial charge in [0.15, 0.2) is 5.76 Å². The first-order valence-corrected chi connectivity index (χ1v) is 7.41. The first-order valence-electron chi connectivity index (χ1n) is 7.41. The number of para-hydroxylation sites is 2. The Morgan fingerprint density at radius 3 is 2.58 bits per heavy atom. The van der Waals surface area contributed by atoms with Crippen LogP contribution in [-0.2, 0) is 0 Å². The Hall–Kier alpha value is -3.41. The van der Waals surface area contributed by atoms with Gasteiger partial charge in [0.2, 0.25) is 0 Å². The average Bonchev–Trinajstić information content (AvgIpc) is 2.95. The molecule has 4 rings (SSSR count). The second-order valence-corrected chi connectivity index (χ2v) is 5.43. The van der Waals surface area contributed by atoms with Crippen molar-refractivity contribution in [2.45, 2.75) is 6.92 Å². The fourth-order valence-corrected chi connectivity index (χ4v) is 2.70. The highest BCUT2D eigenvalue weighted by atomic mass is 16.3. The number of hydrogen-bond acceptors (Lipinski definition) is 4. The lowest BCUT2D eigenvalue weighted by Crippen LogP contribution is -2.33. The normalized spacial score (nSPS) is 11.0. The van der Waals surface area contributed by atoms with Crippen molar-refractivity contribution < 1.29 is 9.21 Å². The van der Waals surface area contributed by atoms with Crippen molar-refractivity contribution >= 4 is 27.8 Å². The molecule has 0 unspecified atom stereocenters. The van der Waals surface area contributed by atoms with Gasteiger partial charge in [-0.2, -0.15) is 0 Å². The molecule has 0 atom stereocenters. The molecule has 118 valence electrons. The van der Waals surface area contributed by atoms with E-state index < -0.39 is 5.91 Å². The molecule has 1 N–H and O–H groups in total. The van der Waals surface area contributed by atoms with Gasteiger partial charge in [0.1, 0.15) is 11.9 Å². The molecule has 2 heterocycles. The molecule has 0 spiro atoms. The summed E-state index contributed by atoms with van der Waals surface area (Å²) in [6.07, 6.45) is 1.29. The standard InChI is InChI=1S/C18H13N3O3/c1-11-12-6-3-5-9-15(12)24-16(11)17(22)20-21-10-19-14-8-4-2-7-13(14)18(21)23/h2-10H,1H3,(H,20,22). The van der Waals surface area contributed by atoms with E-state index in [1.165, 1.54) is 6.33 Å². The third-order valence-corrected chi connectivity index (χ3v) is 3.94. The number of carbonyl (C=O) groups is 1. The number of fused-ring (bicyclic) bond motifs is 2. The molecule has 0 aliphatic carbocycles. The highest BCUT2D eigenvalue weighted by Gasteiger charge is 2.18. The minimum absolute atomic E-state index is 0.177. The third-order valence-electron chi connectivity index (χ3n) is 3.94. The van der Waals surface area contributed by atoms with E-state index in [1.54, 1.807) is 30.3 Å². The lowest BCUT2D eigenvalue weighted by atomic mass is 10.1. The van der Waals surface area contributed by atoms with Crippen LogP contribution in [0, 0.1) is 6.92 Å². The number of nitrogens with one attached hydrogen (secondary N) is 1. The summed E-state index contributed by atoms with van der Waals surface area (Å²) in [5.74, 6) is -0.320. The molecule has 0 aliphatic heterocycles. The van der Waals surface area contributed by atoms with Crippen LogP contribution in [0.15, 0.2) is 64.1 Å². The first kappa shape index (κ1) is 14.2. The van der Waals surface area contributed by atoms with Crippen LogP contribution in [0.1, 0.15) is 16.1 Å². The maximum atomic E-state index is 12.5. The Morgan fingerprint density at radius 2 is 1.79 bits per heavy atom. The van der Waals surface area contributed by atoms with Gasteiger partial charge in [0, 0.05) is 10.9 Å². The highest BCUT2D eigenvalue weighted by molar-refractivity contribution is 6.03. The SMILES string of the molecule is Cc1c(C(=O)Nn2cnc3ccccc3c2=O)oc2ccccc12. The quantitative estimate of drug-likeness (QED) is 0.616. The smallest absolute Gasteiger partial charge is 0.306 e. The van der Waals surface area contributed by atoms with Crippen molar-refractivity contribution in [1.82, 2.24) is 9.66 Å². The minimum atomic E-state index is -0.497. The molecule has 6 heteroatoms. The zero-order valence-corrected chi connectivity index (χ0v) is 12.8. The van der Waals surface area contributed by atoms with Crippen LogP contribution < -0.4 is 11.0 Å². The summed E-state index contributed by atoms with van der Waals surface area (Å²) in [5, 5.41) is 1.30. The second-order valence-electron chi connectivity index (χ2n) is 5.43. The molecular formula is C18H13N3O3. The molecule has 6 nitrogen and oxygen atoms in total. The Labute approximate surface area is 136 Å². The molecule has 0 aliphatic rings. The van der Waals surface area contributed by atoms with E-state index in [1.807, 2.05) is 25.1 Å². The fraction of sp³-hybridized carbons (Fsp3) is 0.0556. The van der Waals surface area contributed by atoms with Crippen molar-refractivity contribution in [3.8, 4) is 0 Å². The van der Waals surface area contributed by atoms with Gasteiger partial charge in [-0.1, -0.05) is 30.3 Å². The Bertz CT molecular complexity index is 1140. The third kappa shape index (κ3) is 2.16. The number of aromatic nitrogens is 2. The van der Waals surface area contributed by atoms with E-state index in [4.69, 9.17) is 4.42 Å². The van der Waals surface area contributed by atoms with Crippen LogP contribution in [0.3, 0.4) is 0 Å². The fourth-order valence-electron chi connectivity index (χ4n) is 2.70. The monoisotopic (exact) mass is 319 g/mol. The van der Waals surface area contributed by atoms with E-state index in [2.05, 4.69) is 10.4 Å². The summed E-state index contributed by atoms with van der Waals surface area (Å²) in [6.45, 7) is 1.81. The maximum Gasteiger partial charge on any atom is 0.306 e. The number of benzene rings is 2. The lowest BCUT2D eigenvalue weighted by molar-refractivity contribution is 0.0982. The topological polar surface area (TPSA) is 77.1 Å². The molecular weight excluding hydrogens is 306 g/mol. The van der Waals surface area contributed by atoms with Gasteiger partial charge in [-0.3, -0.25) is 15.0 Å². The van der Waals surface area contributed by atoms with Crippen LogP contribution in [0.2, 0.25) is 0 Å². The summed E-state index contributed by atoms with van der Waals surface area (Å²) < 4.78 is 6.68. The van der Waals surface area contributed by atoms with Crippen LogP contribution in [0.4, 0.5) is 0 Å². The number of rotatable bonds is 2. The summed E-state index contributed by atoms with van der Waals surface area (Å²) >= 11 is 0. The molecule has 0 saturated heterocycles. The van der Waals surface area contributed by atoms with Gasteiger partial charge in [-0.05, 0) is 25.1 Å². The number of furan rings is 1. The number of aryl methyl sites for hydroxylation is 1. The van der Waals surface area contributed by atoms with Crippen molar-refractivity contribution in [3.63, 3.8) is 0 Å². The predicted molar refractivity (Wildman–Crippen MR) is 90.6 cm³/mol. The zero-order chi connectivity index (χ0) is 16.7. The summed E-state index contributed by atoms with van der Waals surface area (Å²) in [4.78, 5) is 29.1. The second kappa shape index (κ2) is 5.34. The Balaban J connectivity index is 1.75. The highest BCUT2D eigenvalue weighted by Crippen LogP contribution is 2.24. The van der Waals surface area contributed by atoms with Crippen LogP contribution in [0.5, 0.6) is 0 Å². The van der Waals surface area contributed by atoms with Crippen molar-refractivity contribution in [1.29, 1.82) is 0 Å². The molecule has 0 radical (unpaired) electrons. The summed E-state index contributed by atoms with van der Waals surface area (Å²) in [7, 11) is 0. The van der Waals surface area contributed by atoms with Crippen molar-refractivity contribution in [3.05, 3.63) is 76.5 Å². The molecule has 2 aromatic heterocycles. The van der Waals surface area contributed by atoms with Gasteiger partial charge in [0.25, 0.3) is 5.56 Å². The van der Waals surface area contributed by atoms with Crippen LogP contribution >= 0.6 is 0 Å². The number of hydrogen-bond donors (Lipinski definition) is 1. The average molecular weight is 319 g/mol. The van der Waals surface area contributed by atoms with E-state index in [9.17, 15) is 9.59 Å². The van der Waals surface area contributed by atoms with E-state index >= 15 is 0 Å². The van der Waals surface area contributed by atoms with Crippen LogP contribution in [-0.4, -0.2) is 15.6 Å². The van der Waals surface area contributed by atoms with Gasteiger partial charge in [-0.15, -0.1) is 0 Å². The van der Waals surface area contributed by atoms with Crippen molar-refractivity contribution in [2.75, 3.05) is 5.43 Å². The molecule has 2 aromatic carbocycles. The van der Waals surface area contributed by atoms with Gasteiger partial charge in [0.05, 0.1) is 10.9 Å². The van der Waals surface area contributed by atoms with Gasteiger partial charge in [-0.25, -0.2) is 9.66 Å². The zero-order valence-electron chi connectivity index (χ0n) is 12.8. The number of carbonyl (C=O) groups excluding carboxylic acids is 1. The first-order chi connectivity index (χ1) is 11.6.